The molecule has 3 heterocycles. The molecule has 0 aliphatic carbocycles. The minimum absolute atomic E-state index is 0.0278. The number of rotatable bonds is 3. The van der Waals surface area contributed by atoms with Gasteiger partial charge in [-0.1, -0.05) is 30.3 Å². The van der Waals surface area contributed by atoms with Gasteiger partial charge in [0.25, 0.3) is 15.7 Å². The molecule has 5 aromatic rings. The van der Waals surface area contributed by atoms with Crippen molar-refractivity contribution < 1.29 is 21.8 Å². The van der Waals surface area contributed by atoms with E-state index in [9.17, 15) is 22.0 Å². The Kier molecular flexibility index (Phi) is 6.70. The highest BCUT2D eigenvalue weighted by molar-refractivity contribution is 7.85. The standard InChI is InChI=1S/C19H14F2N6O.C7H8O3S/c1-27-18(22-8-23-27)15-16(9-2-4-10(20)5-3-9)24-13-7-11(21)6-12-14(13)17(15)25-26-19(12)28;1-6-4-2-3-5-7(6)11(8,9)10/h2-8,15-16,24H,1H3,(H,26,28);2-5H,1H3,(H,8,9,10)/t15-,16-;/m1./s1. The molecule has 0 fully saturated rings. The van der Waals surface area contributed by atoms with Crippen LogP contribution in [0, 0.1) is 18.6 Å². The second kappa shape index (κ2) is 10.0. The fraction of sp³-hybridized carbons (Fsp3) is 0.154. The summed E-state index contributed by atoms with van der Waals surface area (Å²) in [6.07, 6.45) is 1.43. The lowest BCUT2D eigenvalue weighted by Gasteiger charge is -2.33. The molecule has 0 spiro atoms. The van der Waals surface area contributed by atoms with Gasteiger partial charge in [-0.15, -0.1) is 0 Å². The molecule has 0 unspecified atom stereocenters. The Morgan fingerprint density at radius 3 is 2.36 bits per heavy atom. The zero-order chi connectivity index (χ0) is 27.9. The van der Waals surface area contributed by atoms with E-state index in [-0.39, 0.29) is 16.1 Å². The van der Waals surface area contributed by atoms with Crippen molar-refractivity contribution in [1.29, 1.82) is 0 Å². The Morgan fingerprint density at radius 1 is 1.03 bits per heavy atom. The van der Waals surface area contributed by atoms with E-state index in [1.54, 1.807) is 49.0 Å². The van der Waals surface area contributed by atoms with Crippen LogP contribution in [0.4, 0.5) is 14.5 Å². The second-order valence-electron chi connectivity index (χ2n) is 8.95. The first-order valence-corrected chi connectivity index (χ1v) is 13.1. The van der Waals surface area contributed by atoms with Crippen LogP contribution in [0.5, 0.6) is 0 Å². The largest absolute Gasteiger partial charge is 0.376 e. The lowest BCUT2D eigenvalue weighted by molar-refractivity contribution is 0.482. The zero-order valence-electron chi connectivity index (χ0n) is 20.6. The number of halogens is 2. The molecule has 2 aromatic heterocycles. The first-order valence-electron chi connectivity index (χ1n) is 11.7. The van der Waals surface area contributed by atoms with Gasteiger partial charge in [-0.05, 0) is 48.4 Å². The zero-order valence-corrected chi connectivity index (χ0v) is 21.4. The predicted octanol–water partition coefficient (Wildman–Crippen LogP) is 3.87. The van der Waals surface area contributed by atoms with E-state index < -0.39 is 33.5 Å². The highest BCUT2D eigenvalue weighted by Gasteiger charge is 2.37. The molecule has 13 heteroatoms. The van der Waals surface area contributed by atoms with E-state index in [1.807, 2.05) is 0 Å². The van der Waals surface area contributed by atoms with Gasteiger partial charge in [0.2, 0.25) is 0 Å². The summed E-state index contributed by atoms with van der Waals surface area (Å²) in [5.74, 6) is -0.716. The summed E-state index contributed by atoms with van der Waals surface area (Å²) in [7, 11) is -2.28. The molecular formula is C26H22F2N6O4S. The molecule has 0 saturated carbocycles. The summed E-state index contributed by atoms with van der Waals surface area (Å²) in [6.45, 7) is 1.63. The number of hydrogen-bond acceptors (Lipinski definition) is 7. The maximum Gasteiger partial charge on any atom is 0.294 e. The first kappa shape index (κ1) is 26.1. The van der Waals surface area contributed by atoms with E-state index in [0.717, 1.165) is 5.56 Å². The maximum absolute atomic E-state index is 14.1. The van der Waals surface area contributed by atoms with Crippen LogP contribution in [0.3, 0.4) is 0 Å². The van der Waals surface area contributed by atoms with E-state index in [4.69, 9.17) is 4.55 Å². The van der Waals surface area contributed by atoms with Crippen LogP contribution in [-0.2, 0) is 17.2 Å². The number of H-pyrrole nitrogens is 1. The minimum atomic E-state index is -4.03. The number of hydrogen-bond donors (Lipinski definition) is 3. The second-order valence-corrected chi connectivity index (χ2v) is 10.3. The van der Waals surface area contributed by atoms with Crippen molar-refractivity contribution in [3.63, 3.8) is 0 Å². The molecule has 3 aromatic carbocycles. The Bertz CT molecular complexity index is 1860. The van der Waals surface area contributed by atoms with Crippen LogP contribution in [0.15, 0.2) is 76.7 Å². The smallest absolute Gasteiger partial charge is 0.294 e. The van der Waals surface area contributed by atoms with Crippen LogP contribution >= 0.6 is 0 Å². The predicted molar refractivity (Wildman–Crippen MR) is 139 cm³/mol. The normalized spacial score (nSPS) is 16.3. The molecule has 39 heavy (non-hydrogen) atoms. The van der Waals surface area contributed by atoms with E-state index in [1.165, 1.54) is 36.7 Å². The SMILES string of the molecule is Cc1ccccc1S(=O)(=O)O.Cn1ncnc1[C@H]1c2n[nH]c(=O)c3cc(F)cc(c23)N[C@@H]1c1ccc(F)cc1. The fourth-order valence-electron chi connectivity index (χ4n) is 4.69. The topological polar surface area (TPSA) is 143 Å². The van der Waals surface area contributed by atoms with Crippen molar-refractivity contribution in [1.82, 2.24) is 25.0 Å². The average molecular weight is 553 g/mol. The number of aromatic nitrogens is 5. The third kappa shape index (κ3) is 5.01. The molecule has 0 saturated heterocycles. The van der Waals surface area contributed by atoms with Gasteiger partial charge in [0, 0.05) is 18.1 Å². The van der Waals surface area contributed by atoms with Crippen molar-refractivity contribution in [3.05, 3.63) is 112 Å². The third-order valence-corrected chi connectivity index (χ3v) is 7.46. The van der Waals surface area contributed by atoms with Gasteiger partial charge in [0.15, 0.2) is 0 Å². The Balaban J connectivity index is 0.000000237. The Morgan fingerprint density at radius 2 is 1.74 bits per heavy atom. The molecule has 0 radical (unpaired) electrons. The van der Waals surface area contributed by atoms with Crippen molar-refractivity contribution in [2.75, 3.05) is 5.32 Å². The van der Waals surface area contributed by atoms with Crippen LogP contribution in [0.2, 0.25) is 0 Å². The summed E-state index contributed by atoms with van der Waals surface area (Å²) in [5, 5.41) is 14.9. The molecule has 0 bridgehead atoms. The lowest BCUT2D eigenvalue weighted by atomic mass is 9.83. The number of benzene rings is 3. The number of anilines is 1. The van der Waals surface area contributed by atoms with Crippen molar-refractivity contribution in [2.45, 2.75) is 23.8 Å². The molecule has 200 valence electrons. The monoisotopic (exact) mass is 552 g/mol. The Labute approximate surface area is 221 Å². The summed E-state index contributed by atoms with van der Waals surface area (Å²) < 4.78 is 59.1. The molecule has 1 aliphatic rings. The van der Waals surface area contributed by atoms with Gasteiger partial charge in [0.1, 0.15) is 23.8 Å². The van der Waals surface area contributed by atoms with E-state index >= 15 is 0 Å². The Hall–Kier alpha value is -4.49. The molecular weight excluding hydrogens is 530 g/mol. The molecule has 2 atom stereocenters. The highest BCUT2D eigenvalue weighted by Crippen LogP contribution is 2.45. The number of aryl methyl sites for hydroxylation is 2. The maximum atomic E-state index is 14.1. The number of nitrogens with zero attached hydrogens (tertiary/aromatic N) is 4. The minimum Gasteiger partial charge on any atom is -0.376 e. The molecule has 10 nitrogen and oxygen atoms in total. The van der Waals surface area contributed by atoms with Gasteiger partial charge < -0.3 is 5.32 Å². The highest BCUT2D eigenvalue weighted by atomic mass is 32.2. The molecule has 0 amide bonds. The van der Waals surface area contributed by atoms with Gasteiger partial charge in [0.05, 0.1) is 27.9 Å². The number of aromatic amines is 1. The van der Waals surface area contributed by atoms with E-state index in [2.05, 4.69) is 25.6 Å². The molecule has 6 rings (SSSR count). The third-order valence-electron chi connectivity index (χ3n) is 6.45. The first-order chi connectivity index (χ1) is 18.5. The number of nitrogens with one attached hydrogen (secondary N) is 2. The summed E-state index contributed by atoms with van der Waals surface area (Å²) in [5.41, 5.74) is 1.85. The van der Waals surface area contributed by atoms with Crippen LogP contribution in [0.1, 0.15) is 34.6 Å². The van der Waals surface area contributed by atoms with Gasteiger partial charge in [-0.3, -0.25) is 14.0 Å². The average Bonchev–Trinajstić information content (AvgIpc) is 3.31. The summed E-state index contributed by atoms with van der Waals surface area (Å²) in [4.78, 5) is 16.6. The van der Waals surface area contributed by atoms with E-state index in [0.29, 0.717) is 28.2 Å². The van der Waals surface area contributed by atoms with Gasteiger partial charge in [-0.2, -0.15) is 18.6 Å². The summed E-state index contributed by atoms with van der Waals surface area (Å²) >= 11 is 0. The van der Waals surface area contributed by atoms with Crippen molar-refractivity contribution in [2.24, 2.45) is 7.05 Å². The summed E-state index contributed by atoms with van der Waals surface area (Å²) in [6, 6.07) is 14.4. The van der Waals surface area contributed by atoms with Crippen molar-refractivity contribution in [3.8, 4) is 0 Å². The quantitative estimate of drug-likeness (QED) is 0.286. The fourth-order valence-corrected chi connectivity index (χ4v) is 5.41. The molecule has 3 N–H and O–H groups in total. The lowest BCUT2D eigenvalue weighted by Crippen LogP contribution is -2.30. The van der Waals surface area contributed by atoms with Gasteiger partial charge in [-0.25, -0.2) is 18.9 Å². The van der Waals surface area contributed by atoms with Crippen LogP contribution < -0.4 is 10.9 Å². The van der Waals surface area contributed by atoms with Crippen LogP contribution in [0.25, 0.3) is 10.8 Å². The van der Waals surface area contributed by atoms with Gasteiger partial charge >= 0.3 is 0 Å². The molecule has 1 aliphatic heterocycles. The van der Waals surface area contributed by atoms with Crippen LogP contribution in [-0.4, -0.2) is 37.9 Å². The van der Waals surface area contributed by atoms with Crippen molar-refractivity contribution >= 4 is 26.6 Å².